The average Bonchev–Trinajstić information content (AvgIpc) is 2.49. The third kappa shape index (κ3) is 3.55. The van der Waals surface area contributed by atoms with Gasteiger partial charge in [0.15, 0.2) is 0 Å². The molecule has 0 radical (unpaired) electrons. The first kappa shape index (κ1) is 14.9. The Balaban J connectivity index is 2.33. The molecule has 2 aromatic rings. The van der Waals surface area contributed by atoms with Crippen molar-refractivity contribution in [1.82, 2.24) is 15.3 Å². The highest BCUT2D eigenvalue weighted by molar-refractivity contribution is 9.10. The van der Waals surface area contributed by atoms with Crippen LogP contribution in [0.2, 0.25) is 0 Å². The third-order valence-electron chi connectivity index (χ3n) is 3.02. The van der Waals surface area contributed by atoms with Gasteiger partial charge in [0.25, 0.3) is 0 Å². The summed E-state index contributed by atoms with van der Waals surface area (Å²) in [4.78, 5) is 8.22. The van der Waals surface area contributed by atoms with E-state index in [4.69, 9.17) is 4.74 Å². The molecule has 0 saturated heterocycles. The van der Waals surface area contributed by atoms with E-state index in [9.17, 15) is 0 Å². The van der Waals surface area contributed by atoms with Gasteiger partial charge in [0.2, 0.25) is 0 Å². The van der Waals surface area contributed by atoms with Crippen molar-refractivity contribution in [3.8, 4) is 5.75 Å². The van der Waals surface area contributed by atoms with Crippen LogP contribution in [0.15, 0.2) is 41.4 Å². The molecule has 1 N–H and O–H groups in total. The van der Waals surface area contributed by atoms with Gasteiger partial charge in [0.05, 0.1) is 17.6 Å². The van der Waals surface area contributed by atoms with Crippen LogP contribution >= 0.6 is 15.9 Å². The fourth-order valence-electron chi connectivity index (χ4n) is 2.04. The van der Waals surface area contributed by atoms with Crippen molar-refractivity contribution in [2.45, 2.75) is 19.4 Å². The van der Waals surface area contributed by atoms with Crippen LogP contribution in [0.1, 0.15) is 30.5 Å². The van der Waals surface area contributed by atoms with Crippen molar-refractivity contribution in [3.63, 3.8) is 0 Å². The van der Waals surface area contributed by atoms with Crippen LogP contribution in [0, 0.1) is 0 Å². The van der Waals surface area contributed by atoms with Gasteiger partial charge in [0.1, 0.15) is 12.1 Å². The zero-order valence-corrected chi connectivity index (χ0v) is 13.2. The van der Waals surface area contributed by atoms with E-state index < -0.39 is 0 Å². The van der Waals surface area contributed by atoms with Gasteiger partial charge in [0, 0.05) is 18.0 Å². The van der Waals surface area contributed by atoms with Gasteiger partial charge in [-0.1, -0.05) is 13.0 Å². The Kier molecular flexibility index (Phi) is 5.49. The highest BCUT2D eigenvalue weighted by atomic mass is 79.9. The van der Waals surface area contributed by atoms with Crippen molar-refractivity contribution in [1.29, 1.82) is 0 Å². The van der Waals surface area contributed by atoms with Crippen LogP contribution < -0.4 is 10.1 Å². The normalized spacial score (nSPS) is 12.2. The van der Waals surface area contributed by atoms with Crippen LogP contribution in [-0.4, -0.2) is 23.6 Å². The molecular weight excluding hydrogens is 318 g/mol. The summed E-state index contributed by atoms with van der Waals surface area (Å²) in [5.41, 5.74) is 2.21. The minimum absolute atomic E-state index is 0.0818. The summed E-state index contributed by atoms with van der Waals surface area (Å²) < 4.78 is 6.22. The van der Waals surface area contributed by atoms with Crippen LogP contribution in [0.5, 0.6) is 5.75 Å². The van der Waals surface area contributed by atoms with Crippen LogP contribution in [-0.2, 0) is 0 Å². The second-order valence-corrected chi connectivity index (χ2v) is 5.31. The lowest BCUT2D eigenvalue weighted by atomic mass is 10.0. The molecule has 1 unspecified atom stereocenters. The van der Waals surface area contributed by atoms with Gasteiger partial charge in [-0.3, -0.25) is 0 Å². The zero-order valence-electron chi connectivity index (χ0n) is 11.6. The first-order chi connectivity index (χ1) is 9.76. The first-order valence-electron chi connectivity index (χ1n) is 6.58. The minimum atomic E-state index is 0.0818. The monoisotopic (exact) mass is 335 g/mol. The number of rotatable bonds is 6. The Morgan fingerprint density at radius 2 is 2.00 bits per heavy atom. The molecule has 0 spiro atoms. The van der Waals surface area contributed by atoms with E-state index in [1.807, 2.05) is 18.5 Å². The molecule has 2 rings (SSSR count). The number of hydrogen-bond donors (Lipinski definition) is 1. The van der Waals surface area contributed by atoms with Gasteiger partial charge in [-0.2, -0.15) is 0 Å². The van der Waals surface area contributed by atoms with Crippen LogP contribution in [0.25, 0.3) is 0 Å². The Bertz CT molecular complexity index is 548. The summed E-state index contributed by atoms with van der Waals surface area (Å²) in [5, 5.41) is 3.53. The average molecular weight is 336 g/mol. The van der Waals surface area contributed by atoms with Crippen molar-refractivity contribution < 1.29 is 4.74 Å². The number of benzene rings is 1. The molecule has 0 aliphatic heterocycles. The van der Waals surface area contributed by atoms with Crippen molar-refractivity contribution in [3.05, 3.63) is 52.5 Å². The number of methoxy groups -OCH3 is 1. The van der Waals surface area contributed by atoms with Gasteiger partial charge in [-0.15, -0.1) is 0 Å². The van der Waals surface area contributed by atoms with E-state index in [0.717, 1.165) is 34.3 Å². The van der Waals surface area contributed by atoms with E-state index >= 15 is 0 Å². The summed E-state index contributed by atoms with van der Waals surface area (Å²) in [5.74, 6) is 0.826. The minimum Gasteiger partial charge on any atom is -0.496 e. The Hall–Kier alpha value is -1.46. The van der Waals surface area contributed by atoms with E-state index in [2.05, 4.69) is 50.3 Å². The maximum Gasteiger partial charge on any atom is 0.133 e. The molecule has 0 aliphatic rings. The van der Waals surface area contributed by atoms with Crippen molar-refractivity contribution in [2.24, 2.45) is 0 Å². The number of ether oxygens (including phenoxy) is 1. The third-order valence-corrected chi connectivity index (χ3v) is 3.64. The molecule has 0 saturated carbocycles. The molecular formula is C15H18BrN3O. The van der Waals surface area contributed by atoms with Crippen molar-refractivity contribution in [2.75, 3.05) is 13.7 Å². The largest absolute Gasteiger partial charge is 0.496 e. The lowest BCUT2D eigenvalue weighted by Gasteiger charge is -2.19. The number of halogens is 1. The van der Waals surface area contributed by atoms with E-state index in [0.29, 0.717) is 0 Å². The quantitative estimate of drug-likeness (QED) is 0.879. The Morgan fingerprint density at radius 3 is 2.60 bits per heavy atom. The number of hydrogen-bond acceptors (Lipinski definition) is 4. The number of nitrogens with zero attached hydrogens (tertiary/aromatic N) is 2. The van der Waals surface area contributed by atoms with Crippen molar-refractivity contribution >= 4 is 15.9 Å². The highest BCUT2D eigenvalue weighted by Crippen LogP contribution is 2.30. The van der Waals surface area contributed by atoms with E-state index in [1.54, 1.807) is 13.4 Å². The lowest BCUT2D eigenvalue weighted by Crippen LogP contribution is -2.23. The fourth-order valence-corrected chi connectivity index (χ4v) is 2.60. The van der Waals surface area contributed by atoms with Crippen LogP contribution in [0.3, 0.4) is 0 Å². The fraction of sp³-hybridized carbons (Fsp3) is 0.333. The van der Waals surface area contributed by atoms with Gasteiger partial charge in [-0.25, -0.2) is 9.97 Å². The predicted molar refractivity (Wildman–Crippen MR) is 82.9 cm³/mol. The van der Waals surface area contributed by atoms with E-state index in [-0.39, 0.29) is 6.04 Å². The van der Waals surface area contributed by atoms with Gasteiger partial charge >= 0.3 is 0 Å². The molecule has 0 amide bonds. The molecule has 0 bridgehead atoms. The molecule has 0 fully saturated rings. The molecule has 1 atom stereocenters. The standard InChI is InChI=1S/C15H18BrN3O/c1-3-6-19-15(12-8-17-10-18-9-12)11-4-5-14(20-2)13(16)7-11/h4-5,7-10,15,19H,3,6H2,1-2H3. The summed E-state index contributed by atoms with van der Waals surface area (Å²) in [6.07, 6.45) is 6.31. The Morgan fingerprint density at radius 1 is 1.25 bits per heavy atom. The van der Waals surface area contributed by atoms with Gasteiger partial charge < -0.3 is 10.1 Å². The molecule has 0 aliphatic carbocycles. The second kappa shape index (κ2) is 7.36. The lowest BCUT2D eigenvalue weighted by molar-refractivity contribution is 0.411. The SMILES string of the molecule is CCCNC(c1cncnc1)c1ccc(OC)c(Br)c1. The molecule has 106 valence electrons. The summed E-state index contributed by atoms with van der Waals surface area (Å²) in [7, 11) is 1.66. The molecule has 1 aromatic carbocycles. The smallest absolute Gasteiger partial charge is 0.133 e. The molecule has 20 heavy (non-hydrogen) atoms. The van der Waals surface area contributed by atoms with Gasteiger partial charge in [-0.05, 0) is 46.6 Å². The number of nitrogens with one attached hydrogen (secondary N) is 1. The summed E-state index contributed by atoms with van der Waals surface area (Å²) in [6.45, 7) is 3.08. The molecule has 4 nitrogen and oxygen atoms in total. The van der Waals surface area contributed by atoms with Crippen LogP contribution in [0.4, 0.5) is 0 Å². The number of aromatic nitrogens is 2. The molecule has 1 heterocycles. The van der Waals surface area contributed by atoms with E-state index in [1.165, 1.54) is 0 Å². The topological polar surface area (TPSA) is 47.0 Å². The molecule has 5 heteroatoms. The Labute approximate surface area is 127 Å². The first-order valence-corrected chi connectivity index (χ1v) is 7.37. The highest BCUT2D eigenvalue weighted by Gasteiger charge is 2.15. The zero-order chi connectivity index (χ0) is 14.4. The maximum absolute atomic E-state index is 5.27. The second-order valence-electron chi connectivity index (χ2n) is 4.45. The maximum atomic E-state index is 5.27. The summed E-state index contributed by atoms with van der Waals surface area (Å²) >= 11 is 3.53. The molecule has 1 aromatic heterocycles. The predicted octanol–water partition coefficient (Wildman–Crippen LogP) is 3.34. The summed E-state index contributed by atoms with van der Waals surface area (Å²) in [6, 6.07) is 6.17.